The number of pyridine rings is 1. The van der Waals surface area contributed by atoms with E-state index in [1.54, 1.807) is 0 Å². The van der Waals surface area contributed by atoms with Gasteiger partial charge in [0, 0.05) is 63.5 Å². The Morgan fingerprint density at radius 2 is 1.90 bits per heavy atom. The number of rotatable bonds is 6. The summed E-state index contributed by atoms with van der Waals surface area (Å²) in [5.41, 5.74) is 2.45. The van der Waals surface area contributed by atoms with Crippen LogP contribution in [-0.4, -0.2) is 76.9 Å². The Kier molecular flexibility index (Phi) is 6.40. The number of nitrogens with zero attached hydrogens (tertiary/aromatic N) is 4. The summed E-state index contributed by atoms with van der Waals surface area (Å²) in [6, 6.07) is 5.47. The summed E-state index contributed by atoms with van der Waals surface area (Å²) in [7, 11) is 0. The summed E-state index contributed by atoms with van der Waals surface area (Å²) in [5.74, 6) is 1.84. The molecule has 0 spiro atoms. The topological polar surface area (TPSA) is 51.7 Å². The Hall–Kier alpha value is -1.66. The van der Waals surface area contributed by atoms with Gasteiger partial charge in [-0.25, -0.2) is 4.98 Å². The van der Waals surface area contributed by atoms with E-state index in [0.717, 1.165) is 57.5 Å². The van der Waals surface area contributed by atoms with Crippen LogP contribution in [0, 0.1) is 5.92 Å². The summed E-state index contributed by atoms with van der Waals surface area (Å²) in [6.45, 7) is 12.8. The molecule has 6 nitrogen and oxygen atoms in total. The Morgan fingerprint density at radius 3 is 2.55 bits per heavy atom. The first kappa shape index (κ1) is 20.6. The molecule has 1 aromatic heterocycles. The van der Waals surface area contributed by atoms with Crippen LogP contribution in [-0.2, 0) is 17.8 Å². The number of anilines is 1. The van der Waals surface area contributed by atoms with Gasteiger partial charge in [0.05, 0.1) is 6.54 Å². The summed E-state index contributed by atoms with van der Waals surface area (Å²) >= 11 is 0. The maximum Gasteiger partial charge on any atom is 0.236 e. The predicted octanol–water partition coefficient (Wildman–Crippen LogP) is 2.59. The molecule has 3 aliphatic rings. The highest BCUT2D eigenvalue weighted by Gasteiger charge is 2.30. The van der Waals surface area contributed by atoms with E-state index in [0.29, 0.717) is 24.4 Å². The van der Waals surface area contributed by atoms with Crippen LogP contribution in [0.1, 0.15) is 51.3 Å². The molecule has 1 N–H and O–H groups in total. The van der Waals surface area contributed by atoms with E-state index in [2.05, 4.69) is 52.9 Å². The van der Waals surface area contributed by atoms with Crippen LogP contribution >= 0.6 is 0 Å². The van der Waals surface area contributed by atoms with Crippen molar-refractivity contribution in [3.05, 3.63) is 23.4 Å². The van der Waals surface area contributed by atoms with Crippen molar-refractivity contribution in [1.82, 2.24) is 19.7 Å². The molecule has 0 radical (unpaired) electrons. The van der Waals surface area contributed by atoms with E-state index < -0.39 is 0 Å². The van der Waals surface area contributed by atoms with E-state index in [-0.39, 0.29) is 0 Å². The van der Waals surface area contributed by atoms with Gasteiger partial charge in [-0.15, -0.1) is 0 Å². The lowest BCUT2D eigenvalue weighted by atomic mass is 9.91. The van der Waals surface area contributed by atoms with Crippen LogP contribution < -0.4 is 5.32 Å². The number of hydrogen-bond acceptors (Lipinski definition) is 5. The first-order valence-electron chi connectivity index (χ1n) is 11.5. The van der Waals surface area contributed by atoms with Crippen molar-refractivity contribution < 1.29 is 4.79 Å². The molecule has 6 heteroatoms. The maximum atomic E-state index is 12.8. The molecule has 3 heterocycles. The minimum atomic E-state index is 0.290. The van der Waals surface area contributed by atoms with Crippen molar-refractivity contribution in [3.63, 3.8) is 0 Å². The fourth-order valence-electron chi connectivity index (χ4n) is 4.47. The molecule has 0 bridgehead atoms. The smallest absolute Gasteiger partial charge is 0.236 e. The molecule has 1 aliphatic carbocycles. The number of amides is 1. The number of carbonyl (C=O) groups excluding carboxylic acids is 1. The number of carbonyl (C=O) groups is 1. The first-order chi connectivity index (χ1) is 14.0. The molecule has 1 aromatic rings. The molecule has 160 valence electrons. The predicted molar refractivity (Wildman–Crippen MR) is 117 cm³/mol. The van der Waals surface area contributed by atoms with Crippen LogP contribution in [0.3, 0.4) is 0 Å². The van der Waals surface area contributed by atoms with E-state index in [1.165, 1.54) is 30.5 Å². The van der Waals surface area contributed by atoms with Crippen LogP contribution in [0.5, 0.6) is 0 Å². The lowest BCUT2D eigenvalue weighted by Crippen LogP contribution is -2.55. The van der Waals surface area contributed by atoms with Crippen molar-refractivity contribution in [2.24, 2.45) is 5.92 Å². The van der Waals surface area contributed by atoms with Crippen molar-refractivity contribution in [3.8, 4) is 0 Å². The summed E-state index contributed by atoms with van der Waals surface area (Å²) in [4.78, 5) is 24.6. The van der Waals surface area contributed by atoms with Gasteiger partial charge in [0.15, 0.2) is 0 Å². The zero-order chi connectivity index (χ0) is 20.4. The van der Waals surface area contributed by atoms with Crippen LogP contribution in [0.25, 0.3) is 0 Å². The molecule has 2 fully saturated rings. The van der Waals surface area contributed by atoms with Crippen molar-refractivity contribution in [2.75, 3.05) is 44.6 Å². The number of fused-ring (bicyclic) bond motifs is 1. The number of piperazine rings is 1. The second-order valence-corrected chi connectivity index (χ2v) is 9.44. The zero-order valence-corrected chi connectivity index (χ0v) is 18.4. The van der Waals surface area contributed by atoms with Gasteiger partial charge in [-0.05, 0) is 37.3 Å². The lowest BCUT2D eigenvalue weighted by Gasteiger charge is -2.43. The largest absolute Gasteiger partial charge is 0.367 e. The fourth-order valence-corrected chi connectivity index (χ4v) is 4.47. The molecular weight excluding hydrogens is 362 g/mol. The third kappa shape index (κ3) is 4.92. The van der Waals surface area contributed by atoms with Crippen molar-refractivity contribution >= 4 is 11.7 Å². The highest BCUT2D eigenvalue weighted by molar-refractivity contribution is 5.78. The fraction of sp³-hybridized carbons (Fsp3) is 0.739. The molecule has 1 unspecified atom stereocenters. The SMILES string of the molecule is CC(C)C(C)Nc1ccc2c(n1)CCN(CC(=O)N1CCN(C3CCC3)CC1)C2. The third-order valence-corrected chi connectivity index (χ3v) is 7.12. The average Bonchev–Trinajstić information content (AvgIpc) is 2.67. The van der Waals surface area contributed by atoms with Gasteiger partial charge < -0.3 is 10.2 Å². The molecule has 2 aliphatic heterocycles. The molecule has 1 atom stereocenters. The van der Waals surface area contributed by atoms with Gasteiger partial charge in [-0.3, -0.25) is 14.6 Å². The summed E-state index contributed by atoms with van der Waals surface area (Å²) in [6.07, 6.45) is 5.00. The summed E-state index contributed by atoms with van der Waals surface area (Å²) in [5, 5.41) is 3.51. The molecule has 4 rings (SSSR count). The highest BCUT2D eigenvalue weighted by atomic mass is 16.2. The van der Waals surface area contributed by atoms with Gasteiger partial charge in [0.2, 0.25) is 5.91 Å². The van der Waals surface area contributed by atoms with E-state index in [4.69, 9.17) is 4.98 Å². The molecule has 29 heavy (non-hydrogen) atoms. The normalized spacial score (nSPS) is 22.3. The van der Waals surface area contributed by atoms with Crippen LogP contribution in [0.2, 0.25) is 0 Å². The highest BCUT2D eigenvalue weighted by Crippen LogP contribution is 2.26. The molecule has 1 saturated carbocycles. The lowest BCUT2D eigenvalue weighted by molar-refractivity contribution is -0.135. The minimum Gasteiger partial charge on any atom is -0.367 e. The van der Waals surface area contributed by atoms with Gasteiger partial charge in [0.25, 0.3) is 0 Å². The van der Waals surface area contributed by atoms with Crippen molar-refractivity contribution in [1.29, 1.82) is 0 Å². The Bertz CT molecular complexity index is 709. The Balaban J connectivity index is 1.27. The van der Waals surface area contributed by atoms with Crippen molar-refractivity contribution in [2.45, 2.75) is 65.1 Å². The molecule has 0 aromatic carbocycles. The monoisotopic (exact) mass is 399 g/mol. The van der Waals surface area contributed by atoms with Crippen LogP contribution in [0.4, 0.5) is 5.82 Å². The molecule has 1 saturated heterocycles. The minimum absolute atomic E-state index is 0.290. The van der Waals surface area contributed by atoms with E-state index in [1.807, 2.05) is 0 Å². The Morgan fingerprint density at radius 1 is 1.14 bits per heavy atom. The molecule has 1 amide bonds. The third-order valence-electron chi connectivity index (χ3n) is 7.12. The second kappa shape index (κ2) is 9.00. The quantitative estimate of drug-likeness (QED) is 0.797. The average molecular weight is 400 g/mol. The van der Waals surface area contributed by atoms with Gasteiger partial charge in [-0.1, -0.05) is 26.3 Å². The van der Waals surface area contributed by atoms with E-state index >= 15 is 0 Å². The second-order valence-electron chi connectivity index (χ2n) is 9.44. The number of hydrogen-bond donors (Lipinski definition) is 1. The number of nitrogens with one attached hydrogen (secondary N) is 1. The van der Waals surface area contributed by atoms with Gasteiger partial charge in [-0.2, -0.15) is 0 Å². The first-order valence-corrected chi connectivity index (χ1v) is 11.5. The maximum absolute atomic E-state index is 12.8. The zero-order valence-electron chi connectivity index (χ0n) is 18.4. The number of aromatic nitrogens is 1. The van der Waals surface area contributed by atoms with Gasteiger partial charge in [0.1, 0.15) is 5.82 Å². The molecular formula is C23H37N5O. The Labute approximate surface area is 175 Å². The van der Waals surface area contributed by atoms with Crippen LogP contribution in [0.15, 0.2) is 12.1 Å². The standard InChI is InChI=1S/C23H37N5O/c1-17(2)18(3)24-22-8-7-19-15-26(10-9-21(19)25-22)16-23(29)28-13-11-27(12-14-28)20-5-4-6-20/h7-8,17-18,20H,4-6,9-16H2,1-3H3,(H,24,25). The summed E-state index contributed by atoms with van der Waals surface area (Å²) < 4.78 is 0. The van der Waals surface area contributed by atoms with E-state index in [9.17, 15) is 4.79 Å². The van der Waals surface area contributed by atoms with Gasteiger partial charge >= 0.3 is 0 Å².